The number of fused-ring (bicyclic) bond motifs is 1. The van der Waals surface area contributed by atoms with Crippen LogP contribution in [-0.2, 0) is 6.42 Å². The molecule has 0 radical (unpaired) electrons. The number of nitrogens with two attached hydrogens (primary N) is 1. The van der Waals surface area contributed by atoms with Crippen LogP contribution in [0.25, 0.3) is 20.5 Å². The van der Waals surface area contributed by atoms with E-state index in [4.69, 9.17) is 17.3 Å². The van der Waals surface area contributed by atoms with Gasteiger partial charge in [0.1, 0.15) is 0 Å². The van der Waals surface area contributed by atoms with Crippen LogP contribution >= 0.6 is 35.6 Å². The minimum atomic E-state index is -0.561. The number of aromatic nitrogens is 2. The van der Waals surface area contributed by atoms with Gasteiger partial charge in [-0.15, -0.1) is 16.4 Å². The van der Waals surface area contributed by atoms with E-state index in [1.54, 1.807) is 5.41 Å². The molecule has 3 aromatic rings. The molecule has 1 aromatic carbocycles. The standard InChI is InChI=1S/C20H16ClN3OS2/c21-14-4-1-11(2-5-14)17-10-15-16(6-3-12-9-13(12)7-8-26)23-24-18(20(22)25)19(15)27-17/h1-2,4-5,7-10,12,26H,3,6H2,(H2,22,25)/b8-7-. The molecule has 1 aliphatic carbocycles. The minimum absolute atomic E-state index is 0.224. The van der Waals surface area contributed by atoms with Gasteiger partial charge >= 0.3 is 0 Å². The summed E-state index contributed by atoms with van der Waals surface area (Å²) in [5, 5.41) is 11.8. The van der Waals surface area contributed by atoms with Gasteiger partial charge in [-0.25, -0.2) is 0 Å². The van der Waals surface area contributed by atoms with Crippen LogP contribution < -0.4 is 5.73 Å². The number of thiophene rings is 1. The number of hydrogen-bond donors (Lipinski definition) is 2. The van der Waals surface area contributed by atoms with Crippen LogP contribution in [0.5, 0.6) is 0 Å². The van der Waals surface area contributed by atoms with Crippen LogP contribution in [0.2, 0.25) is 5.02 Å². The second-order valence-corrected chi connectivity index (χ2v) is 8.13. The Hall–Kier alpha value is -2.15. The van der Waals surface area contributed by atoms with Crippen molar-refractivity contribution in [3.05, 3.63) is 69.9 Å². The molecule has 0 bridgehead atoms. The number of carbonyl (C=O) groups is 1. The van der Waals surface area contributed by atoms with E-state index in [2.05, 4.69) is 35.0 Å². The fourth-order valence-corrected chi connectivity index (χ4v) is 4.56. The molecule has 0 spiro atoms. The van der Waals surface area contributed by atoms with E-state index in [-0.39, 0.29) is 5.69 Å². The summed E-state index contributed by atoms with van der Waals surface area (Å²) in [5.74, 6) is -0.0935. The third kappa shape index (κ3) is 3.78. The number of carbonyl (C=O) groups excluding carboxylic acids is 1. The zero-order valence-electron chi connectivity index (χ0n) is 14.2. The highest BCUT2D eigenvalue weighted by molar-refractivity contribution is 7.83. The van der Waals surface area contributed by atoms with Crippen molar-refractivity contribution in [3.8, 4) is 10.4 Å². The summed E-state index contributed by atoms with van der Waals surface area (Å²) in [6.07, 6.45) is 5.96. The first kappa shape index (κ1) is 18.2. The van der Waals surface area contributed by atoms with Crippen molar-refractivity contribution in [2.24, 2.45) is 11.7 Å². The summed E-state index contributed by atoms with van der Waals surface area (Å²) in [6, 6.07) is 9.68. The van der Waals surface area contributed by atoms with Gasteiger partial charge in [0.2, 0.25) is 0 Å². The quantitative estimate of drug-likeness (QED) is 0.556. The van der Waals surface area contributed by atoms with E-state index >= 15 is 0 Å². The molecule has 0 saturated carbocycles. The van der Waals surface area contributed by atoms with Crippen molar-refractivity contribution in [1.29, 1.82) is 0 Å². The lowest BCUT2D eigenvalue weighted by Gasteiger charge is -2.03. The molecular formula is C20H16ClN3OS2. The monoisotopic (exact) mass is 413 g/mol. The maximum absolute atomic E-state index is 11.8. The molecule has 4 nitrogen and oxygen atoms in total. The highest BCUT2D eigenvalue weighted by atomic mass is 35.5. The third-order valence-corrected chi connectivity index (χ3v) is 6.15. The molecule has 1 amide bonds. The highest BCUT2D eigenvalue weighted by Crippen LogP contribution is 2.38. The molecule has 4 rings (SSSR count). The Morgan fingerprint density at radius 1 is 1.30 bits per heavy atom. The molecule has 136 valence electrons. The van der Waals surface area contributed by atoms with Crippen LogP contribution in [0.3, 0.4) is 0 Å². The van der Waals surface area contributed by atoms with Gasteiger partial charge in [-0.05, 0) is 47.6 Å². The van der Waals surface area contributed by atoms with E-state index in [1.165, 1.54) is 16.9 Å². The number of nitrogens with zero attached hydrogens (tertiary/aromatic N) is 2. The number of aryl methyl sites for hydroxylation is 1. The first-order chi connectivity index (χ1) is 13.1. The molecule has 2 N–H and O–H groups in total. The molecule has 0 aliphatic heterocycles. The summed E-state index contributed by atoms with van der Waals surface area (Å²) in [6.45, 7) is 0. The van der Waals surface area contributed by atoms with Crippen LogP contribution in [-0.4, -0.2) is 16.1 Å². The second kappa shape index (κ2) is 7.46. The smallest absolute Gasteiger partial charge is 0.270 e. The lowest BCUT2D eigenvalue weighted by Crippen LogP contribution is -2.14. The molecule has 2 aromatic heterocycles. The zero-order valence-corrected chi connectivity index (χ0v) is 16.7. The fraction of sp³-hybridized carbons (Fsp3) is 0.150. The number of primary amides is 1. The minimum Gasteiger partial charge on any atom is -0.364 e. The van der Waals surface area contributed by atoms with Gasteiger partial charge in [0.25, 0.3) is 5.91 Å². The summed E-state index contributed by atoms with van der Waals surface area (Å²) in [7, 11) is 0. The van der Waals surface area contributed by atoms with Gasteiger partial charge in [-0.2, -0.15) is 17.7 Å². The molecule has 2 heterocycles. The molecule has 0 saturated heterocycles. The Bertz CT molecular complexity index is 1090. The van der Waals surface area contributed by atoms with Gasteiger partial charge < -0.3 is 5.73 Å². The number of amides is 1. The third-order valence-electron chi connectivity index (χ3n) is 4.56. The Morgan fingerprint density at radius 3 is 2.78 bits per heavy atom. The molecule has 0 fully saturated rings. The van der Waals surface area contributed by atoms with E-state index in [0.717, 1.165) is 39.1 Å². The van der Waals surface area contributed by atoms with E-state index in [9.17, 15) is 4.79 Å². The fourth-order valence-electron chi connectivity index (χ4n) is 3.08. The molecule has 1 unspecified atom stereocenters. The van der Waals surface area contributed by atoms with Crippen molar-refractivity contribution >= 4 is 51.6 Å². The van der Waals surface area contributed by atoms with E-state index in [0.29, 0.717) is 10.9 Å². The van der Waals surface area contributed by atoms with Crippen LogP contribution in [0.4, 0.5) is 0 Å². The molecule has 7 heteroatoms. The second-order valence-electron chi connectivity index (χ2n) is 6.35. The number of benzene rings is 1. The van der Waals surface area contributed by atoms with Gasteiger partial charge in [-0.3, -0.25) is 4.79 Å². The van der Waals surface area contributed by atoms with Crippen molar-refractivity contribution in [1.82, 2.24) is 10.2 Å². The summed E-state index contributed by atoms with van der Waals surface area (Å²) in [4.78, 5) is 12.8. The van der Waals surface area contributed by atoms with Gasteiger partial charge in [0.15, 0.2) is 5.69 Å². The van der Waals surface area contributed by atoms with Crippen LogP contribution in [0.15, 0.2) is 53.5 Å². The van der Waals surface area contributed by atoms with E-state index in [1.807, 2.05) is 30.3 Å². The summed E-state index contributed by atoms with van der Waals surface area (Å²) >= 11 is 11.6. The Balaban J connectivity index is 1.68. The predicted octanol–water partition coefficient (Wildman–Crippen LogP) is 5.04. The first-order valence-electron chi connectivity index (χ1n) is 8.44. The van der Waals surface area contributed by atoms with Crippen LogP contribution in [0.1, 0.15) is 22.6 Å². The van der Waals surface area contributed by atoms with Crippen molar-refractivity contribution < 1.29 is 4.79 Å². The van der Waals surface area contributed by atoms with Crippen LogP contribution in [0, 0.1) is 5.92 Å². The number of rotatable bonds is 6. The Morgan fingerprint density at radius 2 is 2.07 bits per heavy atom. The summed E-state index contributed by atoms with van der Waals surface area (Å²) in [5.41, 5.74) is 8.96. The maximum Gasteiger partial charge on any atom is 0.270 e. The predicted molar refractivity (Wildman–Crippen MR) is 114 cm³/mol. The lowest BCUT2D eigenvalue weighted by atomic mass is 10.1. The van der Waals surface area contributed by atoms with Gasteiger partial charge in [0.05, 0.1) is 10.4 Å². The highest BCUT2D eigenvalue weighted by Gasteiger charge is 2.23. The normalized spacial score (nSPS) is 16.1. The molecule has 1 aliphatic rings. The molecule has 1 atom stereocenters. The van der Waals surface area contributed by atoms with Crippen molar-refractivity contribution in [2.75, 3.05) is 0 Å². The largest absolute Gasteiger partial charge is 0.364 e. The van der Waals surface area contributed by atoms with Gasteiger partial charge in [-0.1, -0.05) is 35.9 Å². The maximum atomic E-state index is 11.8. The number of hydrogen-bond acceptors (Lipinski definition) is 5. The van der Waals surface area contributed by atoms with Crippen molar-refractivity contribution in [3.63, 3.8) is 0 Å². The molecule has 27 heavy (non-hydrogen) atoms. The molecular weight excluding hydrogens is 398 g/mol. The Labute approximate surface area is 171 Å². The van der Waals surface area contributed by atoms with Gasteiger partial charge in [0, 0.05) is 21.2 Å². The number of thiol groups is 1. The number of halogens is 1. The number of allylic oxidation sites excluding steroid dienone is 3. The summed E-state index contributed by atoms with van der Waals surface area (Å²) < 4.78 is 0.789. The van der Waals surface area contributed by atoms with Crippen molar-refractivity contribution in [2.45, 2.75) is 12.8 Å². The Kier molecular flexibility index (Phi) is 5.04. The topological polar surface area (TPSA) is 68.9 Å². The van der Waals surface area contributed by atoms with E-state index < -0.39 is 5.91 Å². The zero-order chi connectivity index (χ0) is 19.0. The average Bonchev–Trinajstić information content (AvgIpc) is 3.23. The first-order valence-corrected chi connectivity index (χ1v) is 10.1. The SMILES string of the molecule is NC(=O)c1nnc(CCC2C=C2/C=C\S)c2cc(-c3ccc(Cl)cc3)sc12. The lowest BCUT2D eigenvalue weighted by molar-refractivity contribution is 0.0996. The average molecular weight is 414 g/mol.